The van der Waals surface area contributed by atoms with Gasteiger partial charge in [-0.15, -0.1) is 11.8 Å². The first-order valence-corrected chi connectivity index (χ1v) is 5.24. The zero-order valence-corrected chi connectivity index (χ0v) is 9.06. The normalized spacial score (nSPS) is 10.8. The fourth-order valence-corrected chi connectivity index (χ4v) is 1.89. The minimum atomic E-state index is 0.0731. The van der Waals surface area contributed by atoms with Crippen molar-refractivity contribution in [1.29, 1.82) is 0 Å². The molecule has 1 rings (SSSR count). The van der Waals surface area contributed by atoms with Gasteiger partial charge >= 0.3 is 0 Å². The quantitative estimate of drug-likeness (QED) is 0.755. The molecule has 0 aromatic carbocycles. The van der Waals surface area contributed by atoms with E-state index in [2.05, 4.69) is 18.8 Å². The molecule has 0 unspecified atom stereocenters. The molecule has 3 heteroatoms. The van der Waals surface area contributed by atoms with Gasteiger partial charge < -0.3 is 5.11 Å². The number of nitrogens with zero attached hydrogens (tertiary/aromatic N) is 1. The summed E-state index contributed by atoms with van der Waals surface area (Å²) in [6.07, 6.45) is 1.84. The number of thioether (sulfide) groups is 1. The van der Waals surface area contributed by atoms with Crippen molar-refractivity contribution in [2.75, 3.05) is 0 Å². The van der Waals surface area contributed by atoms with Gasteiger partial charge in [0.15, 0.2) is 0 Å². The molecule has 0 radical (unpaired) electrons. The molecule has 0 amide bonds. The summed E-state index contributed by atoms with van der Waals surface area (Å²) in [6.45, 7) is 6.29. The minimum Gasteiger partial charge on any atom is -0.392 e. The van der Waals surface area contributed by atoms with Gasteiger partial charge in [-0.1, -0.05) is 13.8 Å². The van der Waals surface area contributed by atoms with Gasteiger partial charge in [-0.2, -0.15) is 0 Å². The van der Waals surface area contributed by atoms with Crippen molar-refractivity contribution in [2.24, 2.45) is 0 Å². The molecule has 0 saturated heterocycles. The first-order chi connectivity index (χ1) is 6.13. The van der Waals surface area contributed by atoms with E-state index in [1.807, 2.05) is 19.2 Å². The molecule has 0 bridgehead atoms. The van der Waals surface area contributed by atoms with Gasteiger partial charge in [0.1, 0.15) is 5.03 Å². The van der Waals surface area contributed by atoms with E-state index in [0.29, 0.717) is 5.25 Å². The van der Waals surface area contributed by atoms with Crippen molar-refractivity contribution in [3.8, 4) is 0 Å². The van der Waals surface area contributed by atoms with Crippen LogP contribution in [0.5, 0.6) is 0 Å². The Labute approximate surface area is 83.4 Å². The lowest BCUT2D eigenvalue weighted by atomic mass is 10.2. The van der Waals surface area contributed by atoms with Crippen LogP contribution in [0.2, 0.25) is 0 Å². The van der Waals surface area contributed by atoms with Crippen LogP contribution in [0.1, 0.15) is 25.0 Å². The smallest absolute Gasteiger partial charge is 0.102 e. The van der Waals surface area contributed by atoms with Crippen LogP contribution in [-0.2, 0) is 6.61 Å². The number of aliphatic hydroxyl groups is 1. The summed E-state index contributed by atoms with van der Waals surface area (Å²) < 4.78 is 0. The molecule has 13 heavy (non-hydrogen) atoms. The van der Waals surface area contributed by atoms with Gasteiger partial charge in [-0.25, -0.2) is 4.98 Å². The second-order valence-corrected chi connectivity index (χ2v) is 4.87. The van der Waals surface area contributed by atoms with Crippen molar-refractivity contribution in [3.63, 3.8) is 0 Å². The largest absolute Gasteiger partial charge is 0.392 e. The SMILES string of the molecule is Cc1cnc(SC(C)C)c(CO)c1. The first kappa shape index (κ1) is 10.5. The molecule has 1 aromatic heterocycles. The first-order valence-electron chi connectivity index (χ1n) is 4.36. The summed E-state index contributed by atoms with van der Waals surface area (Å²) in [5.74, 6) is 0. The van der Waals surface area contributed by atoms with Crippen molar-refractivity contribution in [2.45, 2.75) is 37.7 Å². The fraction of sp³-hybridized carbons (Fsp3) is 0.500. The maximum Gasteiger partial charge on any atom is 0.102 e. The predicted octanol–water partition coefficient (Wildman–Crippen LogP) is 2.38. The lowest BCUT2D eigenvalue weighted by Gasteiger charge is -2.08. The molecular formula is C10H15NOS. The van der Waals surface area contributed by atoms with Crippen LogP contribution in [0.4, 0.5) is 0 Å². The Kier molecular flexibility index (Phi) is 3.75. The summed E-state index contributed by atoms with van der Waals surface area (Å²) in [6, 6.07) is 1.98. The highest BCUT2D eigenvalue weighted by Gasteiger charge is 2.05. The highest BCUT2D eigenvalue weighted by molar-refractivity contribution is 7.99. The summed E-state index contributed by atoms with van der Waals surface area (Å²) >= 11 is 1.69. The van der Waals surface area contributed by atoms with Crippen LogP contribution in [0.15, 0.2) is 17.3 Å². The van der Waals surface area contributed by atoms with E-state index in [-0.39, 0.29) is 6.61 Å². The number of aromatic nitrogens is 1. The molecule has 72 valence electrons. The van der Waals surface area contributed by atoms with Crippen molar-refractivity contribution < 1.29 is 5.11 Å². The van der Waals surface area contributed by atoms with Crippen molar-refractivity contribution >= 4 is 11.8 Å². The molecule has 1 heterocycles. The van der Waals surface area contributed by atoms with Crippen LogP contribution < -0.4 is 0 Å². The van der Waals surface area contributed by atoms with Gasteiger partial charge in [-0.3, -0.25) is 0 Å². The third kappa shape index (κ3) is 3.01. The topological polar surface area (TPSA) is 33.1 Å². The number of hydrogen-bond donors (Lipinski definition) is 1. The predicted molar refractivity (Wildman–Crippen MR) is 55.9 cm³/mol. The van der Waals surface area contributed by atoms with Gasteiger partial charge in [0.2, 0.25) is 0 Å². The van der Waals surface area contributed by atoms with E-state index in [1.54, 1.807) is 11.8 Å². The Morgan fingerprint density at radius 1 is 1.54 bits per heavy atom. The molecule has 0 fully saturated rings. The zero-order chi connectivity index (χ0) is 9.84. The van der Waals surface area contributed by atoms with E-state index in [9.17, 15) is 0 Å². The van der Waals surface area contributed by atoms with E-state index in [4.69, 9.17) is 5.11 Å². The molecule has 1 aromatic rings. The number of aliphatic hydroxyl groups excluding tert-OH is 1. The van der Waals surface area contributed by atoms with E-state index in [1.165, 1.54) is 0 Å². The molecule has 0 aliphatic rings. The van der Waals surface area contributed by atoms with Crippen molar-refractivity contribution in [1.82, 2.24) is 4.98 Å². The average molecular weight is 197 g/mol. The number of aryl methyl sites for hydroxylation is 1. The van der Waals surface area contributed by atoms with Crippen LogP contribution in [0.3, 0.4) is 0 Å². The number of pyridine rings is 1. The summed E-state index contributed by atoms with van der Waals surface area (Å²) in [4.78, 5) is 4.29. The Morgan fingerprint density at radius 2 is 2.23 bits per heavy atom. The Balaban J connectivity index is 2.92. The number of rotatable bonds is 3. The van der Waals surface area contributed by atoms with Crippen LogP contribution in [0.25, 0.3) is 0 Å². The molecule has 0 aliphatic heterocycles. The summed E-state index contributed by atoms with van der Waals surface area (Å²) in [7, 11) is 0. The van der Waals surface area contributed by atoms with Crippen LogP contribution >= 0.6 is 11.8 Å². The molecule has 0 atom stereocenters. The summed E-state index contributed by atoms with van der Waals surface area (Å²) in [5.41, 5.74) is 2.02. The van der Waals surface area contributed by atoms with Gasteiger partial charge in [0.05, 0.1) is 6.61 Å². The van der Waals surface area contributed by atoms with Crippen LogP contribution in [-0.4, -0.2) is 15.3 Å². The molecule has 1 N–H and O–H groups in total. The molecule has 0 saturated carbocycles. The zero-order valence-electron chi connectivity index (χ0n) is 8.24. The van der Waals surface area contributed by atoms with E-state index >= 15 is 0 Å². The maximum absolute atomic E-state index is 9.10. The van der Waals surface area contributed by atoms with Gasteiger partial charge in [-0.05, 0) is 18.6 Å². The molecular weight excluding hydrogens is 182 g/mol. The van der Waals surface area contributed by atoms with Gasteiger partial charge in [0.25, 0.3) is 0 Å². The minimum absolute atomic E-state index is 0.0731. The van der Waals surface area contributed by atoms with Gasteiger partial charge in [0, 0.05) is 17.0 Å². The third-order valence-corrected chi connectivity index (χ3v) is 2.64. The maximum atomic E-state index is 9.10. The average Bonchev–Trinajstić information content (AvgIpc) is 2.07. The summed E-state index contributed by atoms with van der Waals surface area (Å²) in [5, 5.41) is 10.6. The highest BCUT2D eigenvalue weighted by atomic mass is 32.2. The van der Waals surface area contributed by atoms with E-state index in [0.717, 1.165) is 16.2 Å². The Hall–Kier alpha value is -0.540. The standard InChI is InChI=1S/C10H15NOS/c1-7(2)13-10-9(6-12)4-8(3)5-11-10/h4-5,7,12H,6H2,1-3H3. The highest BCUT2D eigenvalue weighted by Crippen LogP contribution is 2.24. The molecule has 2 nitrogen and oxygen atoms in total. The van der Waals surface area contributed by atoms with Crippen molar-refractivity contribution in [3.05, 3.63) is 23.4 Å². The lowest BCUT2D eigenvalue weighted by molar-refractivity contribution is 0.278. The fourth-order valence-electron chi connectivity index (χ4n) is 1.06. The Morgan fingerprint density at radius 3 is 2.77 bits per heavy atom. The second-order valence-electron chi connectivity index (χ2n) is 3.30. The molecule has 0 aliphatic carbocycles. The lowest BCUT2D eigenvalue weighted by Crippen LogP contribution is -1.96. The van der Waals surface area contributed by atoms with E-state index < -0.39 is 0 Å². The number of hydrogen-bond acceptors (Lipinski definition) is 3. The second kappa shape index (κ2) is 4.63. The Bertz CT molecular complexity index is 286. The molecule has 0 spiro atoms. The third-order valence-electron chi connectivity index (χ3n) is 1.58. The monoisotopic (exact) mass is 197 g/mol. The van der Waals surface area contributed by atoms with Crippen LogP contribution in [0, 0.1) is 6.92 Å².